The Morgan fingerprint density at radius 2 is 1.58 bits per heavy atom. The molecule has 1 heterocycles. The van der Waals surface area contributed by atoms with E-state index < -0.39 is 17.8 Å². The Kier molecular flexibility index (Phi) is 12.4. The van der Waals surface area contributed by atoms with E-state index in [1.165, 1.54) is 21.3 Å². The lowest BCUT2D eigenvalue weighted by Crippen LogP contribution is -2.31. The van der Waals surface area contributed by atoms with Crippen LogP contribution in [0.1, 0.15) is 20.8 Å². The van der Waals surface area contributed by atoms with Crippen LogP contribution in [0.4, 0.5) is 5.13 Å². The molecule has 0 atom stereocenters. The third-order valence-electron chi connectivity index (χ3n) is 4.12. The van der Waals surface area contributed by atoms with E-state index >= 15 is 0 Å². The number of hydrogen-bond acceptors (Lipinski definition) is 10. The van der Waals surface area contributed by atoms with Gasteiger partial charge in [-0.1, -0.05) is 0 Å². The summed E-state index contributed by atoms with van der Waals surface area (Å²) >= 11 is 1.16. The Balaban J connectivity index is 0.000000697. The van der Waals surface area contributed by atoms with Gasteiger partial charge in [-0.25, -0.2) is 14.6 Å². The van der Waals surface area contributed by atoms with Crippen LogP contribution in [0.3, 0.4) is 0 Å². The largest absolute Gasteiger partial charge is 0.493 e. The van der Waals surface area contributed by atoms with E-state index in [0.29, 0.717) is 35.3 Å². The molecule has 14 heteroatoms. The van der Waals surface area contributed by atoms with Crippen molar-refractivity contribution in [2.24, 2.45) is 0 Å². The SMILES string of the molecule is COc1ccc(C(=O)Nc2nc(C(=O)NCCN(C)C)cs2)c(OC)c1OC.O=C(O)/C=C\C(=O)O. The average Bonchev–Trinajstić information content (AvgIpc) is 3.30. The van der Waals surface area contributed by atoms with E-state index in [2.05, 4.69) is 15.6 Å². The predicted octanol–water partition coefficient (Wildman–Crippen LogP) is 1.42. The van der Waals surface area contributed by atoms with Crippen molar-refractivity contribution in [2.45, 2.75) is 0 Å². The highest BCUT2D eigenvalue weighted by molar-refractivity contribution is 7.14. The molecule has 36 heavy (non-hydrogen) atoms. The quantitative estimate of drug-likeness (QED) is 0.313. The van der Waals surface area contributed by atoms with Gasteiger partial charge in [0.25, 0.3) is 11.8 Å². The number of carboxylic acids is 2. The fraction of sp³-hybridized carbons (Fsp3) is 0.318. The van der Waals surface area contributed by atoms with Crippen LogP contribution in [-0.2, 0) is 9.59 Å². The molecule has 0 aliphatic carbocycles. The number of benzene rings is 1. The van der Waals surface area contributed by atoms with E-state index in [1.54, 1.807) is 17.5 Å². The van der Waals surface area contributed by atoms with Crippen LogP contribution < -0.4 is 24.8 Å². The molecular formula is C22H28N4O9S. The topological polar surface area (TPSA) is 177 Å². The number of likely N-dealkylation sites (N-methyl/N-ethyl adjacent to an activating group) is 1. The third-order valence-corrected chi connectivity index (χ3v) is 4.88. The zero-order chi connectivity index (χ0) is 27.3. The van der Waals surface area contributed by atoms with Gasteiger partial charge in [-0.05, 0) is 26.2 Å². The summed E-state index contributed by atoms with van der Waals surface area (Å²) in [6, 6.07) is 3.18. The number of nitrogens with zero attached hydrogens (tertiary/aromatic N) is 2. The van der Waals surface area contributed by atoms with Crippen LogP contribution in [0.15, 0.2) is 29.7 Å². The van der Waals surface area contributed by atoms with E-state index in [1.807, 2.05) is 19.0 Å². The van der Waals surface area contributed by atoms with Crippen LogP contribution >= 0.6 is 11.3 Å². The normalized spacial score (nSPS) is 10.3. The number of aliphatic carboxylic acids is 2. The van der Waals surface area contributed by atoms with Crippen molar-refractivity contribution in [3.63, 3.8) is 0 Å². The summed E-state index contributed by atoms with van der Waals surface area (Å²) in [6.45, 7) is 1.23. The molecule has 0 aliphatic heterocycles. The minimum atomic E-state index is -1.26. The summed E-state index contributed by atoms with van der Waals surface area (Å²) in [5.41, 5.74) is 0.505. The Morgan fingerprint density at radius 1 is 0.972 bits per heavy atom. The highest BCUT2D eigenvalue weighted by Gasteiger charge is 2.22. The lowest BCUT2D eigenvalue weighted by atomic mass is 10.1. The zero-order valence-corrected chi connectivity index (χ0v) is 21.2. The molecule has 0 unspecified atom stereocenters. The van der Waals surface area contributed by atoms with E-state index in [9.17, 15) is 19.2 Å². The highest BCUT2D eigenvalue weighted by atomic mass is 32.1. The molecule has 0 radical (unpaired) electrons. The van der Waals surface area contributed by atoms with Crippen molar-refractivity contribution in [2.75, 3.05) is 53.8 Å². The molecule has 0 bridgehead atoms. The van der Waals surface area contributed by atoms with Crippen molar-refractivity contribution in [1.82, 2.24) is 15.2 Å². The number of rotatable bonds is 11. The third kappa shape index (κ3) is 9.60. The number of carbonyl (C=O) groups is 4. The Hall–Kier alpha value is -4.17. The Morgan fingerprint density at radius 3 is 2.08 bits per heavy atom. The van der Waals surface area contributed by atoms with Gasteiger partial charge in [-0.2, -0.15) is 0 Å². The predicted molar refractivity (Wildman–Crippen MR) is 131 cm³/mol. The fourth-order valence-corrected chi connectivity index (χ4v) is 3.19. The number of carboxylic acid groups (broad SMARTS) is 2. The highest BCUT2D eigenvalue weighted by Crippen LogP contribution is 2.40. The van der Waals surface area contributed by atoms with Crippen molar-refractivity contribution < 1.29 is 43.6 Å². The molecule has 196 valence electrons. The van der Waals surface area contributed by atoms with Gasteiger partial charge in [0.05, 0.1) is 26.9 Å². The first-order valence-corrected chi connectivity index (χ1v) is 11.0. The van der Waals surface area contributed by atoms with E-state index in [-0.39, 0.29) is 22.9 Å². The van der Waals surface area contributed by atoms with Gasteiger partial charge in [0.2, 0.25) is 5.75 Å². The lowest BCUT2D eigenvalue weighted by Gasteiger charge is -2.15. The van der Waals surface area contributed by atoms with Gasteiger partial charge in [-0.3, -0.25) is 14.9 Å². The van der Waals surface area contributed by atoms with E-state index in [0.717, 1.165) is 17.9 Å². The number of thiazole rings is 1. The molecule has 1 aromatic heterocycles. The van der Waals surface area contributed by atoms with Crippen LogP contribution in [0.25, 0.3) is 0 Å². The molecule has 0 fully saturated rings. The van der Waals surface area contributed by atoms with Gasteiger partial charge in [0.1, 0.15) is 5.69 Å². The molecule has 4 N–H and O–H groups in total. The maximum absolute atomic E-state index is 12.7. The first-order valence-electron chi connectivity index (χ1n) is 10.2. The van der Waals surface area contributed by atoms with Gasteiger partial charge in [-0.15, -0.1) is 11.3 Å². The molecule has 2 rings (SSSR count). The number of nitrogens with one attached hydrogen (secondary N) is 2. The van der Waals surface area contributed by atoms with Gasteiger partial charge >= 0.3 is 11.9 Å². The lowest BCUT2D eigenvalue weighted by molar-refractivity contribution is -0.134. The number of anilines is 1. The Bertz CT molecular complexity index is 1080. The molecule has 0 saturated heterocycles. The molecule has 1 aromatic carbocycles. The second kappa shape index (κ2) is 15.0. The number of carbonyl (C=O) groups excluding carboxylic acids is 2. The minimum absolute atomic E-state index is 0.248. The summed E-state index contributed by atoms with van der Waals surface area (Å²) in [4.78, 5) is 50.0. The van der Waals surface area contributed by atoms with E-state index in [4.69, 9.17) is 24.4 Å². The number of amides is 2. The fourth-order valence-electron chi connectivity index (χ4n) is 2.51. The molecule has 13 nitrogen and oxygen atoms in total. The number of ether oxygens (including phenoxy) is 3. The first kappa shape index (κ1) is 29.9. The monoisotopic (exact) mass is 524 g/mol. The molecule has 0 aliphatic rings. The standard InChI is InChI=1S/C18H24N4O5S.C4H4O4/c1-22(2)9-8-19-17(24)12-10-28-18(20-12)21-16(23)11-6-7-13(25-3)15(27-5)14(11)26-4;5-3(6)1-2-4(7)8/h6-7,10H,8-9H2,1-5H3,(H,19,24)(H,20,21,23);1-2H,(H,5,6)(H,7,8)/b;2-1-. The van der Waals surface area contributed by atoms with Crippen molar-refractivity contribution >= 4 is 40.2 Å². The molecule has 0 spiro atoms. The summed E-state index contributed by atoms with van der Waals surface area (Å²) in [5, 5.41) is 23.0. The van der Waals surface area contributed by atoms with Gasteiger partial charge < -0.3 is 34.6 Å². The molecule has 2 amide bonds. The molecule has 0 saturated carbocycles. The summed E-state index contributed by atoms with van der Waals surface area (Å²) in [7, 11) is 8.24. The molecule has 2 aromatic rings. The van der Waals surface area contributed by atoms with Crippen LogP contribution in [-0.4, -0.2) is 92.4 Å². The number of aromatic nitrogens is 1. The molecular weight excluding hydrogens is 496 g/mol. The maximum atomic E-state index is 12.7. The van der Waals surface area contributed by atoms with Crippen molar-refractivity contribution in [3.05, 3.63) is 40.9 Å². The summed E-state index contributed by atoms with van der Waals surface area (Å²) < 4.78 is 15.8. The summed E-state index contributed by atoms with van der Waals surface area (Å²) in [6.07, 6.45) is 1.12. The second-order valence-corrected chi connectivity index (χ2v) is 7.80. The first-order chi connectivity index (χ1) is 17.0. The summed E-state index contributed by atoms with van der Waals surface area (Å²) in [5.74, 6) is -2.23. The van der Waals surface area contributed by atoms with Crippen LogP contribution in [0, 0.1) is 0 Å². The zero-order valence-electron chi connectivity index (χ0n) is 20.4. The van der Waals surface area contributed by atoms with Crippen LogP contribution in [0.5, 0.6) is 17.2 Å². The van der Waals surface area contributed by atoms with Crippen molar-refractivity contribution in [1.29, 1.82) is 0 Å². The van der Waals surface area contributed by atoms with Gasteiger partial charge in [0, 0.05) is 30.6 Å². The maximum Gasteiger partial charge on any atom is 0.328 e. The van der Waals surface area contributed by atoms with Gasteiger partial charge in [0.15, 0.2) is 16.6 Å². The van der Waals surface area contributed by atoms with Crippen molar-refractivity contribution in [3.8, 4) is 17.2 Å². The minimum Gasteiger partial charge on any atom is -0.493 e. The number of methoxy groups -OCH3 is 3. The number of hydrogen-bond donors (Lipinski definition) is 4. The second-order valence-electron chi connectivity index (χ2n) is 6.94. The average molecular weight is 525 g/mol. The van der Waals surface area contributed by atoms with Crippen LogP contribution in [0.2, 0.25) is 0 Å². The Labute approximate surface area is 211 Å². The smallest absolute Gasteiger partial charge is 0.328 e.